The minimum absolute atomic E-state index is 0.591. The molecular weight excluding hydrogens is 166 g/mol. The van der Waals surface area contributed by atoms with Gasteiger partial charge in [-0.2, -0.15) is 5.10 Å². The Morgan fingerprint density at radius 3 is 2.54 bits per heavy atom. The summed E-state index contributed by atoms with van der Waals surface area (Å²) in [5.74, 6) is 0.597. The Hall–Kier alpha value is -1.91. The van der Waals surface area contributed by atoms with Crippen molar-refractivity contribution < 1.29 is 0 Å². The van der Waals surface area contributed by atoms with Crippen LogP contribution in [0, 0.1) is 0 Å². The normalized spacial score (nSPS) is 10.2. The molecule has 2 N–H and O–H groups in total. The molecule has 2 rings (SSSR count). The Kier molecular flexibility index (Phi) is 1.70. The van der Waals surface area contributed by atoms with Crippen LogP contribution in [0.5, 0.6) is 0 Å². The van der Waals surface area contributed by atoms with Gasteiger partial charge in [0.2, 0.25) is 0 Å². The van der Waals surface area contributed by atoms with E-state index in [9.17, 15) is 0 Å². The van der Waals surface area contributed by atoms with Crippen LogP contribution in [-0.2, 0) is 7.05 Å². The van der Waals surface area contributed by atoms with E-state index in [4.69, 9.17) is 5.73 Å². The van der Waals surface area contributed by atoms with Crippen LogP contribution in [0.2, 0.25) is 0 Å². The number of aryl methyl sites for hydroxylation is 1. The molecule has 0 fully saturated rings. The van der Waals surface area contributed by atoms with Crippen LogP contribution in [0.25, 0.3) is 11.5 Å². The van der Waals surface area contributed by atoms with Gasteiger partial charge in [0.05, 0.1) is 11.9 Å². The number of aromatic nitrogens is 4. The SMILES string of the molecule is Cn1ncc(N)c1-c1ncccn1. The third-order valence-corrected chi connectivity index (χ3v) is 1.74. The van der Waals surface area contributed by atoms with Gasteiger partial charge in [0, 0.05) is 19.4 Å². The van der Waals surface area contributed by atoms with Gasteiger partial charge in [0.25, 0.3) is 0 Å². The predicted octanol–water partition coefficient (Wildman–Crippen LogP) is 0.459. The molecule has 13 heavy (non-hydrogen) atoms. The second-order valence-corrected chi connectivity index (χ2v) is 2.64. The zero-order chi connectivity index (χ0) is 9.26. The summed E-state index contributed by atoms with van der Waals surface area (Å²) < 4.78 is 1.66. The lowest BCUT2D eigenvalue weighted by atomic mass is 10.3. The van der Waals surface area contributed by atoms with Crippen LogP contribution < -0.4 is 5.73 Å². The molecule has 0 unspecified atom stereocenters. The van der Waals surface area contributed by atoms with Gasteiger partial charge in [-0.25, -0.2) is 9.97 Å². The summed E-state index contributed by atoms with van der Waals surface area (Å²) in [4.78, 5) is 8.18. The van der Waals surface area contributed by atoms with E-state index in [0.29, 0.717) is 11.5 Å². The van der Waals surface area contributed by atoms with Gasteiger partial charge in [-0.1, -0.05) is 0 Å². The maximum Gasteiger partial charge on any atom is 0.179 e. The molecule has 5 heteroatoms. The number of hydrogen-bond acceptors (Lipinski definition) is 4. The van der Waals surface area contributed by atoms with E-state index in [1.54, 1.807) is 29.3 Å². The topological polar surface area (TPSA) is 69.6 Å². The molecule has 0 aliphatic rings. The second-order valence-electron chi connectivity index (χ2n) is 2.64. The van der Waals surface area contributed by atoms with Gasteiger partial charge in [-0.05, 0) is 6.07 Å². The van der Waals surface area contributed by atoms with Crippen molar-refractivity contribution in [3.8, 4) is 11.5 Å². The molecule has 66 valence electrons. The Bertz CT molecular complexity index is 386. The fraction of sp³-hybridized carbons (Fsp3) is 0.125. The van der Waals surface area contributed by atoms with E-state index < -0.39 is 0 Å². The number of hydrogen-bond donors (Lipinski definition) is 1. The first-order chi connectivity index (χ1) is 6.29. The molecule has 2 heterocycles. The maximum absolute atomic E-state index is 5.71. The minimum Gasteiger partial charge on any atom is -0.396 e. The predicted molar refractivity (Wildman–Crippen MR) is 48.6 cm³/mol. The highest BCUT2D eigenvalue weighted by molar-refractivity contribution is 5.66. The highest BCUT2D eigenvalue weighted by Crippen LogP contribution is 2.19. The molecular formula is C8H9N5. The van der Waals surface area contributed by atoms with Crippen LogP contribution in [0.1, 0.15) is 0 Å². The summed E-state index contributed by atoms with van der Waals surface area (Å²) in [6.45, 7) is 0. The van der Waals surface area contributed by atoms with Crippen molar-refractivity contribution in [3.05, 3.63) is 24.7 Å². The average Bonchev–Trinajstić information content (AvgIpc) is 2.48. The third kappa shape index (κ3) is 1.24. The molecule has 0 spiro atoms. The summed E-state index contributed by atoms with van der Waals surface area (Å²) in [5, 5.41) is 4.00. The molecule has 0 saturated carbocycles. The lowest BCUT2D eigenvalue weighted by molar-refractivity contribution is 0.770. The molecule has 0 aliphatic carbocycles. The standard InChI is InChI=1S/C8H9N5/c1-13-7(6(9)5-12-13)8-10-3-2-4-11-8/h2-5H,9H2,1H3. The van der Waals surface area contributed by atoms with Crippen LogP contribution in [0.15, 0.2) is 24.7 Å². The van der Waals surface area contributed by atoms with Crippen molar-refractivity contribution in [2.75, 3.05) is 5.73 Å². The molecule has 0 aliphatic heterocycles. The first-order valence-electron chi connectivity index (χ1n) is 3.84. The second kappa shape index (κ2) is 2.85. The molecule has 0 atom stereocenters. The fourth-order valence-corrected chi connectivity index (χ4v) is 1.15. The van der Waals surface area contributed by atoms with Crippen molar-refractivity contribution in [1.82, 2.24) is 19.7 Å². The highest BCUT2D eigenvalue weighted by atomic mass is 15.3. The van der Waals surface area contributed by atoms with Crippen LogP contribution in [0.3, 0.4) is 0 Å². The van der Waals surface area contributed by atoms with Crippen LogP contribution in [-0.4, -0.2) is 19.7 Å². The Morgan fingerprint density at radius 2 is 2.00 bits per heavy atom. The number of rotatable bonds is 1. The molecule has 0 aromatic carbocycles. The molecule has 5 nitrogen and oxygen atoms in total. The van der Waals surface area contributed by atoms with E-state index >= 15 is 0 Å². The fourth-order valence-electron chi connectivity index (χ4n) is 1.15. The van der Waals surface area contributed by atoms with Gasteiger partial charge in [0.15, 0.2) is 5.82 Å². The van der Waals surface area contributed by atoms with Crippen LogP contribution in [0.4, 0.5) is 5.69 Å². The zero-order valence-corrected chi connectivity index (χ0v) is 7.18. The van der Waals surface area contributed by atoms with Crippen molar-refractivity contribution in [3.63, 3.8) is 0 Å². The molecule has 2 aromatic rings. The summed E-state index contributed by atoms with van der Waals surface area (Å²) in [6, 6.07) is 1.76. The lowest BCUT2D eigenvalue weighted by Gasteiger charge is -1.99. The molecule has 0 saturated heterocycles. The van der Waals surface area contributed by atoms with Gasteiger partial charge < -0.3 is 5.73 Å². The lowest BCUT2D eigenvalue weighted by Crippen LogP contribution is -1.99. The van der Waals surface area contributed by atoms with Crippen molar-refractivity contribution in [2.24, 2.45) is 7.05 Å². The van der Waals surface area contributed by atoms with Gasteiger partial charge in [-0.3, -0.25) is 4.68 Å². The van der Waals surface area contributed by atoms with E-state index in [-0.39, 0.29) is 0 Å². The Balaban J connectivity index is 2.59. The van der Waals surface area contributed by atoms with Crippen LogP contribution >= 0.6 is 0 Å². The van der Waals surface area contributed by atoms with E-state index in [2.05, 4.69) is 15.1 Å². The van der Waals surface area contributed by atoms with E-state index in [0.717, 1.165) is 5.69 Å². The summed E-state index contributed by atoms with van der Waals surface area (Å²) >= 11 is 0. The maximum atomic E-state index is 5.71. The first kappa shape index (κ1) is 7.72. The monoisotopic (exact) mass is 175 g/mol. The first-order valence-corrected chi connectivity index (χ1v) is 3.84. The van der Waals surface area contributed by atoms with E-state index in [1.807, 2.05) is 7.05 Å². The Morgan fingerprint density at radius 1 is 1.31 bits per heavy atom. The minimum atomic E-state index is 0.591. The number of nitrogen functional groups attached to an aromatic ring is 1. The highest BCUT2D eigenvalue weighted by Gasteiger charge is 2.09. The largest absolute Gasteiger partial charge is 0.396 e. The van der Waals surface area contributed by atoms with Crippen molar-refractivity contribution in [2.45, 2.75) is 0 Å². The summed E-state index contributed by atoms with van der Waals surface area (Å²) in [6.07, 6.45) is 4.94. The Labute approximate surface area is 75.2 Å². The molecule has 0 bridgehead atoms. The number of nitrogens with zero attached hydrogens (tertiary/aromatic N) is 4. The number of anilines is 1. The smallest absolute Gasteiger partial charge is 0.179 e. The van der Waals surface area contributed by atoms with Crippen molar-refractivity contribution in [1.29, 1.82) is 0 Å². The molecule has 0 radical (unpaired) electrons. The van der Waals surface area contributed by atoms with Gasteiger partial charge in [-0.15, -0.1) is 0 Å². The zero-order valence-electron chi connectivity index (χ0n) is 7.18. The summed E-state index contributed by atoms with van der Waals surface area (Å²) in [7, 11) is 1.81. The average molecular weight is 175 g/mol. The molecule has 0 amide bonds. The third-order valence-electron chi connectivity index (χ3n) is 1.74. The van der Waals surface area contributed by atoms with Gasteiger partial charge >= 0.3 is 0 Å². The van der Waals surface area contributed by atoms with E-state index in [1.165, 1.54) is 0 Å². The quantitative estimate of drug-likeness (QED) is 0.683. The molecule has 2 aromatic heterocycles. The summed E-state index contributed by atoms with van der Waals surface area (Å²) in [5.41, 5.74) is 7.05. The van der Waals surface area contributed by atoms with Crippen molar-refractivity contribution >= 4 is 5.69 Å². The number of nitrogens with two attached hydrogens (primary N) is 1. The van der Waals surface area contributed by atoms with Gasteiger partial charge in [0.1, 0.15) is 5.69 Å².